The summed E-state index contributed by atoms with van der Waals surface area (Å²) in [6, 6.07) is 13.6. The molecule has 0 aliphatic carbocycles. The van der Waals surface area contributed by atoms with Crippen LogP contribution in [-0.4, -0.2) is 10.1 Å². The number of ether oxygens (including phenoxy) is 1. The van der Waals surface area contributed by atoms with Gasteiger partial charge in [-0.2, -0.15) is 0 Å². The van der Waals surface area contributed by atoms with Gasteiger partial charge in [0.15, 0.2) is 0 Å². The molecule has 1 aromatic heterocycles. The second kappa shape index (κ2) is 5.50. The van der Waals surface area contributed by atoms with Gasteiger partial charge < -0.3 is 9.84 Å². The zero-order chi connectivity index (χ0) is 14.8. The van der Waals surface area contributed by atoms with Gasteiger partial charge in [0.25, 0.3) is 0 Å². The smallest absolute Gasteiger partial charge is 0.146 e. The first-order chi connectivity index (χ1) is 10.1. The third-order valence-corrected chi connectivity index (χ3v) is 3.22. The van der Waals surface area contributed by atoms with Crippen LogP contribution in [0.25, 0.3) is 10.9 Å². The van der Waals surface area contributed by atoms with E-state index in [1.165, 1.54) is 18.2 Å². The van der Waals surface area contributed by atoms with Crippen molar-refractivity contribution >= 4 is 10.9 Å². The van der Waals surface area contributed by atoms with Crippen LogP contribution in [0.1, 0.15) is 18.6 Å². The molecule has 0 saturated heterocycles. The molecular formula is C17H14FNO2. The van der Waals surface area contributed by atoms with E-state index in [4.69, 9.17) is 4.74 Å². The topological polar surface area (TPSA) is 42.4 Å². The van der Waals surface area contributed by atoms with E-state index in [1.54, 1.807) is 13.1 Å². The van der Waals surface area contributed by atoms with E-state index in [9.17, 15) is 9.50 Å². The third kappa shape index (κ3) is 2.85. The number of aromatic nitrogens is 1. The Balaban J connectivity index is 1.98. The minimum atomic E-state index is -0.816. The van der Waals surface area contributed by atoms with Gasteiger partial charge in [0.05, 0.1) is 17.8 Å². The lowest BCUT2D eigenvalue weighted by Crippen LogP contribution is -1.97. The molecule has 1 unspecified atom stereocenters. The van der Waals surface area contributed by atoms with Gasteiger partial charge in [-0.3, -0.25) is 4.98 Å². The maximum Gasteiger partial charge on any atom is 0.146 e. The molecule has 3 nitrogen and oxygen atoms in total. The lowest BCUT2D eigenvalue weighted by molar-refractivity contribution is 0.195. The Morgan fingerprint density at radius 2 is 1.95 bits per heavy atom. The Morgan fingerprint density at radius 1 is 1.14 bits per heavy atom. The molecule has 0 saturated carbocycles. The van der Waals surface area contributed by atoms with Gasteiger partial charge in [-0.25, -0.2) is 4.39 Å². The average Bonchev–Trinajstić information content (AvgIpc) is 2.49. The zero-order valence-corrected chi connectivity index (χ0v) is 11.5. The van der Waals surface area contributed by atoms with Crippen molar-refractivity contribution in [2.24, 2.45) is 0 Å². The van der Waals surface area contributed by atoms with E-state index < -0.39 is 11.9 Å². The van der Waals surface area contributed by atoms with Crippen LogP contribution in [0.5, 0.6) is 11.5 Å². The molecule has 3 rings (SSSR count). The molecule has 0 spiro atoms. The highest BCUT2D eigenvalue weighted by Gasteiger charge is 2.12. The lowest BCUT2D eigenvalue weighted by atomic mass is 10.1. The Kier molecular flexibility index (Phi) is 3.54. The van der Waals surface area contributed by atoms with E-state index in [0.717, 1.165) is 10.9 Å². The number of rotatable bonds is 3. The van der Waals surface area contributed by atoms with Crippen molar-refractivity contribution in [3.63, 3.8) is 0 Å². The Bertz CT molecular complexity index is 787. The second-order valence-electron chi connectivity index (χ2n) is 4.82. The first-order valence-electron chi connectivity index (χ1n) is 6.63. The van der Waals surface area contributed by atoms with Crippen molar-refractivity contribution in [1.29, 1.82) is 0 Å². The summed E-state index contributed by atoms with van der Waals surface area (Å²) in [6.07, 6.45) is 0.793. The molecule has 0 amide bonds. The Morgan fingerprint density at radius 3 is 2.76 bits per heavy atom. The molecule has 0 radical (unpaired) electrons. The predicted octanol–water partition coefficient (Wildman–Crippen LogP) is 4.22. The fraction of sp³-hybridized carbons (Fsp3) is 0.118. The van der Waals surface area contributed by atoms with Crippen LogP contribution in [0.3, 0.4) is 0 Å². The van der Waals surface area contributed by atoms with Crippen molar-refractivity contribution in [2.45, 2.75) is 13.0 Å². The van der Waals surface area contributed by atoms with Crippen LogP contribution in [0.2, 0.25) is 0 Å². The maximum absolute atomic E-state index is 13.3. The number of hydrogen-bond donors (Lipinski definition) is 1. The van der Waals surface area contributed by atoms with Crippen molar-refractivity contribution < 1.29 is 14.2 Å². The van der Waals surface area contributed by atoms with Gasteiger partial charge in [0, 0.05) is 10.9 Å². The van der Waals surface area contributed by atoms with Gasteiger partial charge in [0.1, 0.15) is 17.3 Å². The molecule has 21 heavy (non-hydrogen) atoms. The maximum atomic E-state index is 13.3. The molecule has 0 bridgehead atoms. The van der Waals surface area contributed by atoms with Crippen LogP contribution in [0, 0.1) is 5.82 Å². The fourth-order valence-electron chi connectivity index (χ4n) is 2.17. The Labute approximate surface area is 121 Å². The van der Waals surface area contributed by atoms with Gasteiger partial charge in [-0.1, -0.05) is 18.2 Å². The molecule has 1 atom stereocenters. The van der Waals surface area contributed by atoms with Gasteiger partial charge in [-0.05, 0) is 37.3 Å². The summed E-state index contributed by atoms with van der Waals surface area (Å²) in [5.41, 5.74) is 1.28. The summed E-state index contributed by atoms with van der Waals surface area (Å²) in [5, 5.41) is 10.7. The van der Waals surface area contributed by atoms with Crippen molar-refractivity contribution in [2.75, 3.05) is 0 Å². The van der Waals surface area contributed by atoms with Crippen LogP contribution >= 0.6 is 0 Å². The van der Waals surface area contributed by atoms with Gasteiger partial charge >= 0.3 is 0 Å². The molecule has 4 heteroatoms. The summed E-state index contributed by atoms with van der Waals surface area (Å²) in [5.74, 6) is 0.556. The van der Waals surface area contributed by atoms with Crippen molar-refractivity contribution in [3.05, 3.63) is 66.1 Å². The lowest BCUT2D eigenvalue weighted by Gasteiger charge is -2.13. The molecule has 0 fully saturated rings. The third-order valence-electron chi connectivity index (χ3n) is 3.22. The first-order valence-corrected chi connectivity index (χ1v) is 6.63. The highest BCUT2D eigenvalue weighted by molar-refractivity contribution is 5.79. The first kappa shape index (κ1) is 13.5. The SMILES string of the molecule is CC(O)c1cc(F)ccc1Oc1cnc2ccccc2c1. The Hall–Kier alpha value is -2.46. The van der Waals surface area contributed by atoms with E-state index >= 15 is 0 Å². The summed E-state index contributed by atoms with van der Waals surface area (Å²) >= 11 is 0. The minimum absolute atomic E-state index is 0.406. The predicted molar refractivity (Wildman–Crippen MR) is 78.9 cm³/mol. The molecule has 0 aliphatic rings. The molecule has 0 aliphatic heterocycles. The van der Waals surface area contributed by atoms with Crippen molar-refractivity contribution in [3.8, 4) is 11.5 Å². The van der Waals surface area contributed by atoms with E-state index in [-0.39, 0.29) is 0 Å². The standard InChI is InChI=1S/C17H14FNO2/c1-11(20)15-9-13(18)6-7-17(15)21-14-8-12-4-2-3-5-16(12)19-10-14/h2-11,20H,1H3. The largest absolute Gasteiger partial charge is 0.455 e. The number of para-hydroxylation sites is 1. The molecule has 3 aromatic rings. The summed E-state index contributed by atoms with van der Waals surface area (Å²) in [7, 11) is 0. The summed E-state index contributed by atoms with van der Waals surface area (Å²) < 4.78 is 19.0. The fourth-order valence-corrected chi connectivity index (χ4v) is 2.17. The second-order valence-corrected chi connectivity index (χ2v) is 4.82. The van der Waals surface area contributed by atoms with E-state index in [1.807, 2.05) is 30.3 Å². The van der Waals surface area contributed by atoms with Crippen LogP contribution in [-0.2, 0) is 0 Å². The molecule has 106 valence electrons. The number of hydrogen-bond acceptors (Lipinski definition) is 3. The number of aliphatic hydroxyl groups excluding tert-OH is 1. The minimum Gasteiger partial charge on any atom is -0.455 e. The van der Waals surface area contributed by atoms with Crippen LogP contribution in [0.15, 0.2) is 54.7 Å². The highest BCUT2D eigenvalue weighted by atomic mass is 19.1. The number of nitrogens with zero attached hydrogens (tertiary/aromatic N) is 1. The number of pyridine rings is 1. The van der Waals surface area contributed by atoms with Crippen LogP contribution < -0.4 is 4.74 Å². The number of benzene rings is 2. The number of halogens is 1. The van der Waals surface area contributed by atoms with Crippen molar-refractivity contribution in [1.82, 2.24) is 4.98 Å². The molecule has 2 aromatic carbocycles. The van der Waals surface area contributed by atoms with Crippen LogP contribution in [0.4, 0.5) is 4.39 Å². The van der Waals surface area contributed by atoms with Gasteiger partial charge in [0.2, 0.25) is 0 Å². The monoisotopic (exact) mass is 283 g/mol. The summed E-state index contributed by atoms with van der Waals surface area (Å²) in [6.45, 7) is 1.57. The quantitative estimate of drug-likeness (QED) is 0.782. The molecular weight excluding hydrogens is 269 g/mol. The van der Waals surface area contributed by atoms with E-state index in [2.05, 4.69) is 4.98 Å². The molecule has 1 heterocycles. The highest BCUT2D eigenvalue weighted by Crippen LogP contribution is 2.31. The molecule has 1 N–H and O–H groups in total. The normalized spacial score (nSPS) is 12.3. The average molecular weight is 283 g/mol. The van der Waals surface area contributed by atoms with E-state index in [0.29, 0.717) is 17.1 Å². The van der Waals surface area contributed by atoms with Gasteiger partial charge in [-0.15, -0.1) is 0 Å². The zero-order valence-electron chi connectivity index (χ0n) is 11.5. The summed E-state index contributed by atoms with van der Waals surface area (Å²) in [4.78, 5) is 4.31. The number of fused-ring (bicyclic) bond motifs is 1. The number of aliphatic hydroxyl groups is 1.